The summed E-state index contributed by atoms with van der Waals surface area (Å²) in [6.45, 7) is 0.581. The number of hydrogen-bond donors (Lipinski definition) is 1. The lowest BCUT2D eigenvalue weighted by Gasteiger charge is -2.28. The fourth-order valence-corrected chi connectivity index (χ4v) is 3.08. The zero-order chi connectivity index (χ0) is 14.5. The highest BCUT2D eigenvalue weighted by molar-refractivity contribution is 5.32. The minimum absolute atomic E-state index is 0.205. The molecule has 0 saturated heterocycles. The van der Waals surface area contributed by atoms with Gasteiger partial charge in [-0.25, -0.2) is 0 Å². The first-order chi connectivity index (χ1) is 10.3. The smallest absolute Gasteiger partial charge is 0.120 e. The van der Waals surface area contributed by atoms with Crippen LogP contribution in [0.15, 0.2) is 54.6 Å². The number of aliphatic hydroxyl groups excluding tert-OH is 1. The fraction of sp³-hybridized carbons (Fsp3) is 0.368. The molecule has 0 spiro atoms. The maximum Gasteiger partial charge on any atom is 0.120 e. The van der Waals surface area contributed by atoms with E-state index < -0.39 is 0 Å². The van der Waals surface area contributed by atoms with E-state index >= 15 is 0 Å². The molecule has 2 nitrogen and oxygen atoms in total. The maximum absolute atomic E-state index is 10.2. The third-order valence-corrected chi connectivity index (χ3v) is 4.26. The van der Waals surface area contributed by atoms with Crippen LogP contribution in [-0.2, 0) is 6.61 Å². The van der Waals surface area contributed by atoms with Crippen molar-refractivity contribution in [2.45, 2.75) is 44.3 Å². The molecule has 0 bridgehead atoms. The van der Waals surface area contributed by atoms with Crippen LogP contribution in [-0.4, -0.2) is 11.2 Å². The summed E-state index contributed by atoms with van der Waals surface area (Å²) in [7, 11) is 0. The lowest BCUT2D eigenvalue weighted by Crippen LogP contribution is -2.22. The van der Waals surface area contributed by atoms with E-state index in [1.54, 1.807) is 0 Å². The van der Waals surface area contributed by atoms with Crippen LogP contribution in [0, 0.1) is 0 Å². The summed E-state index contributed by atoms with van der Waals surface area (Å²) in [6.07, 6.45) is 4.13. The highest BCUT2D eigenvalue weighted by Gasteiger charge is 2.24. The Balaban J connectivity index is 1.68. The standard InChI is InChI=1S/C19H22O2/c20-19-12-5-4-11-18(19)16-9-6-10-17(13-16)21-14-15-7-2-1-3-8-15/h1-3,6-10,13,18-20H,4-5,11-12,14H2/t18-,19+/m1/s1. The lowest BCUT2D eigenvalue weighted by molar-refractivity contribution is 0.106. The van der Waals surface area contributed by atoms with E-state index in [9.17, 15) is 5.11 Å². The summed E-state index contributed by atoms with van der Waals surface area (Å²) < 4.78 is 5.88. The second-order valence-corrected chi connectivity index (χ2v) is 5.81. The second-order valence-electron chi connectivity index (χ2n) is 5.81. The zero-order valence-corrected chi connectivity index (χ0v) is 12.2. The molecule has 110 valence electrons. The molecule has 1 fully saturated rings. The molecule has 0 aromatic heterocycles. The van der Waals surface area contributed by atoms with Crippen molar-refractivity contribution in [1.82, 2.24) is 0 Å². The fourth-order valence-electron chi connectivity index (χ4n) is 3.08. The van der Waals surface area contributed by atoms with Crippen LogP contribution in [0.5, 0.6) is 5.75 Å². The summed E-state index contributed by atoms with van der Waals surface area (Å²) >= 11 is 0. The van der Waals surface area contributed by atoms with Crippen molar-refractivity contribution in [3.8, 4) is 5.75 Å². The molecule has 2 atom stereocenters. The molecule has 3 rings (SSSR count). The van der Waals surface area contributed by atoms with E-state index in [0.717, 1.165) is 25.0 Å². The van der Waals surface area contributed by atoms with Gasteiger partial charge < -0.3 is 9.84 Å². The number of ether oxygens (including phenoxy) is 1. The summed E-state index contributed by atoms with van der Waals surface area (Å²) in [4.78, 5) is 0. The van der Waals surface area contributed by atoms with Crippen molar-refractivity contribution in [2.75, 3.05) is 0 Å². The molecule has 21 heavy (non-hydrogen) atoms. The molecular weight excluding hydrogens is 260 g/mol. The Morgan fingerprint density at radius 2 is 1.76 bits per heavy atom. The van der Waals surface area contributed by atoms with E-state index in [4.69, 9.17) is 4.74 Å². The third kappa shape index (κ3) is 3.64. The summed E-state index contributed by atoms with van der Waals surface area (Å²) in [5, 5.41) is 10.2. The van der Waals surface area contributed by atoms with Gasteiger partial charge in [-0.05, 0) is 36.1 Å². The van der Waals surface area contributed by atoms with Crippen LogP contribution < -0.4 is 4.74 Å². The van der Waals surface area contributed by atoms with E-state index in [1.807, 2.05) is 30.3 Å². The summed E-state index contributed by atoms with van der Waals surface area (Å²) in [5.74, 6) is 1.15. The van der Waals surface area contributed by atoms with Gasteiger partial charge in [-0.15, -0.1) is 0 Å². The van der Waals surface area contributed by atoms with Gasteiger partial charge in [0.1, 0.15) is 12.4 Å². The van der Waals surface area contributed by atoms with Crippen molar-refractivity contribution >= 4 is 0 Å². The first-order valence-corrected chi connectivity index (χ1v) is 7.78. The Kier molecular flexibility index (Phi) is 4.56. The minimum Gasteiger partial charge on any atom is -0.489 e. The molecule has 1 aliphatic carbocycles. The van der Waals surface area contributed by atoms with Crippen molar-refractivity contribution in [3.63, 3.8) is 0 Å². The summed E-state index contributed by atoms with van der Waals surface area (Å²) in [5.41, 5.74) is 2.37. The van der Waals surface area contributed by atoms with Crippen molar-refractivity contribution < 1.29 is 9.84 Å². The van der Waals surface area contributed by atoms with E-state index in [1.165, 1.54) is 17.5 Å². The van der Waals surface area contributed by atoms with Gasteiger partial charge >= 0.3 is 0 Å². The predicted octanol–water partition coefficient (Wildman–Crippen LogP) is 4.28. The van der Waals surface area contributed by atoms with Crippen molar-refractivity contribution in [1.29, 1.82) is 0 Å². The molecule has 0 aliphatic heterocycles. The first kappa shape index (κ1) is 14.2. The molecule has 2 aromatic carbocycles. The van der Waals surface area contributed by atoms with Crippen LogP contribution in [0.2, 0.25) is 0 Å². The normalized spacial score (nSPS) is 22.0. The Hall–Kier alpha value is -1.80. The van der Waals surface area contributed by atoms with E-state index in [0.29, 0.717) is 6.61 Å². The molecule has 1 N–H and O–H groups in total. The lowest BCUT2D eigenvalue weighted by atomic mass is 9.82. The quantitative estimate of drug-likeness (QED) is 0.906. The highest BCUT2D eigenvalue weighted by Crippen LogP contribution is 2.34. The van der Waals surface area contributed by atoms with Gasteiger partial charge in [0.25, 0.3) is 0 Å². The molecule has 2 heteroatoms. The first-order valence-electron chi connectivity index (χ1n) is 7.78. The Morgan fingerprint density at radius 3 is 2.57 bits per heavy atom. The molecule has 1 saturated carbocycles. The highest BCUT2D eigenvalue weighted by atomic mass is 16.5. The Bertz CT molecular complexity index is 565. The SMILES string of the molecule is O[C@H]1CCCC[C@@H]1c1cccc(OCc2ccccc2)c1. The number of rotatable bonds is 4. The van der Waals surface area contributed by atoms with Crippen LogP contribution in [0.25, 0.3) is 0 Å². The Morgan fingerprint density at radius 1 is 0.952 bits per heavy atom. The van der Waals surface area contributed by atoms with Crippen molar-refractivity contribution in [3.05, 3.63) is 65.7 Å². The molecule has 1 aliphatic rings. The van der Waals surface area contributed by atoms with Crippen LogP contribution >= 0.6 is 0 Å². The van der Waals surface area contributed by atoms with Gasteiger partial charge in [0.15, 0.2) is 0 Å². The largest absolute Gasteiger partial charge is 0.489 e. The summed E-state index contributed by atoms with van der Waals surface area (Å²) in [6, 6.07) is 18.4. The third-order valence-electron chi connectivity index (χ3n) is 4.26. The molecule has 0 amide bonds. The van der Waals surface area contributed by atoms with Gasteiger partial charge in [-0.1, -0.05) is 55.3 Å². The van der Waals surface area contributed by atoms with Gasteiger partial charge in [-0.2, -0.15) is 0 Å². The van der Waals surface area contributed by atoms with Crippen molar-refractivity contribution in [2.24, 2.45) is 0 Å². The maximum atomic E-state index is 10.2. The predicted molar refractivity (Wildman–Crippen MR) is 84.4 cm³/mol. The number of hydrogen-bond acceptors (Lipinski definition) is 2. The number of aliphatic hydroxyl groups is 1. The average molecular weight is 282 g/mol. The molecular formula is C19H22O2. The molecule has 0 heterocycles. The molecule has 0 unspecified atom stereocenters. The Labute approximate surface area is 126 Å². The topological polar surface area (TPSA) is 29.5 Å². The second kappa shape index (κ2) is 6.77. The zero-order valence-electron chi connectivity index (χ0n) is 12.2. The average Bonchev–Trinajstić information content (AvgIpc) is 2.55. The molecule has 0 radical (unpaired) electrons. The van der Waals surface area contributed by atoms with Crippen LogP contribution in [0.4, 0.5) is 0 Å². The van der Waals surface area contributed by atoms with E-state index in [-0.39, 0.29) is 12.0 Å². The number of benzene rings is 2. The van der Waals surface area contributed by atoms with E-state index in [2.05, 4.69) is 24.3 Å². The monoisotopic (exact) mass is 282 g/mol. The van der Waals surface area contributed by atoms with Crippen LogP contribution in [0.3, 0.4) is 0 Å². The van der Waals surface area contributed by atoms with Gasteiger partial charge in [0.2, 0.25) is 0 Å². The van der Waals surface area contributed by atoms with Gasteiger partial charge in [-0.3, -0.25) is 0 Å². The van der Waals surface area contributed by atoms with Crippen LogP contribution in [0.1, 0.15) is 42.7 Å². The van der Waals surface area contributed by atoms with Gasteiger partial charge in [0.05, 0.1) is 6.10 Å². The van der Waals surface area contributed by atoms with Gasteiger partial charge in [0, 0.05) is 5.92 Å². The molecule has 2 aromatic rings. The minimum atomic E-state index is -0.205.